The molecule has 0 saturated carbocycles. The molecular weight excluding hydrogens is 503 g/mol. The Morgan fingerprint density at radius 2 is 1.94 bits per heavy atom. The van der Waals surface area contributed by atoms with Gasteiger partial charge in [0.2, 0.25) is 0 Å². The van der Waals surface area contributed by atoms with Crippen molar-refractivity contribution in [1.82, 2.24) is 9.99 Å². The summed E-state index contributed by atoms with van der Waals surface area (Å²) in [6.45, 7) is 0.548. The summed E-state index contributed by atoms with van der Waals surface area (Å²) in [4.78, 5) is 12.3. The lowest BCUT2D eigenvalue weighted by Crippen LogP contribution is -2.17. The zero-order valence-corrected chi connectivity index (χ0v) is 18.4. The van der Waals surface area contributed by atoms with Crippen LogP contribution in [-0.4, -0.2) is 21.8 Å². The molecule has 31 heavy (non-hydrogen) atoms. The van der Waals surface area contributed by atoms with E-state index in [-0.39, 0.29) is 5.75 Å². The third kappa shape index (κ3) is 4.44. The zero-order valence-electron chi connectivity index (χ0n) is 16.3. The summed E-state index contributed by atoms with van der Waals surface area (Å²) in [6, 6.07) is 22.4. The third-order valence-corrected chi connectivity index (χ3v) is 5.79. The smallest absolute Gasteiger partial charge is 0.271 e. The Kier molecular flexibility index (Phi) is 6.00. The largest absolute Gasteiger partial charge is 0.507 e. The van der Waals surface area contributed by atoms with Gasteiger partial charge in [-0.3, -0.25) is 4.79 Å². The molecular formula is C24H17IN4O2. The summed E-state index contributed by atoms with van der Waals surface area (Å²) in [5.74, 6) is -0.354. The van der Waals surface area contributed by atoms with Crippen molar-refractivity contribution in [2.45, 2.75) is 6.54 Å². The van der Waals surface area contributed by atoms with Gasteiger partial charge in [-0.2, -0.15) is 10.4 Å². The van der Waals surface area contributed by atoms with E-state index in [1.165, 1.54) is 6.07 Å². The van der Waals surface area contributed by atoms with Crippen molar-refractivity contribution in [2.24, 2.45) is 5.10 Å². The quantitative estimate of drug-likeness (QED) is 0.228. The maximum atomic E-state index is 12.3. The SMILES string of the molecule is N#Cc1ccccc1Cn1cc(/C=N\NC(=O)c2ccc(I)c(O)c2)c2ccccc21. The van der Waals surface area contributed by atoms with Crippen molar-refractivity contribution in [3.63, 3.8) is 0 Å². The van der Waals surface area contributed by atoms with Crippen molar-refractivity contribution in [1.29, 1.82) is 5.26 Å². The van der Waals surface area contributed by atoms with E-state index in [0.29, 0.717) is 21.2 Å². The number of phenols is 1. The number of amides is 1. The lowest BCUT2D eigenvalue weighted by atomic mass is 10.1. The lowest BCUT2D eigenvalue weighted by Gasteiger charge is -2.07. The van der Waals surface area contributed by atoms with Gasteiger partial charge in [0.25, 0.3) is 5.91 Å². The minimum absolute atomic E-state index is 0.0537. The number of aromatic hydroxyl groups is 1. The molecule has 1 aromatic heterocycles. The van der Waals surface area contributed by atoms with Gasteiger partial charge in [-0.25, -0.2) is 5.43 Å². The summed E-state index contributed by atoms with van der Waals surface area (Å²) in [5.41, 5.74) is 6.25. The molecule has 0 saturated heterocycles. The normalized spacial score (nSPS) is 11.0. The maximum Gasteiger partial charge on any atom is 0.271 e. The molecule has 4 rings (SSSR count). The number of nitriles is 1. The minimum Gasteiger partial charge on any atom is -0.507 e. The van der Waals surface area contributed by atoms with Gasteiger partial charge in [0.05, 0.1) is 21.4 Å². The van der Waals surface area contributed by atoms with Crippen molar-refractivity contribution in [3.8, 4) is 11.8 Å². The van der Waals surface area contributed by atoms with Gasteiger partial charge in [0.15, 0.2) is 0 Å². The standard InChI is InChI=1S/C24H17IN4O2/c25-21-10-9-16(11-23(21)30)24(31)28-27-13-19-15-29(22-8-4-3-7-20(19)22)14-18-6-2-1-5-17(18)12-26/h1-11,13,15,30H,14H2,(H,28,31)/b27-13-. The number of nitrogens with one attached hydrogen (secondary N) is 1. The van der Waals surface area contributed by atoms with Crippen LogP contribution in [0.5, 0.6) is 5.75 Å². The highest BCUT2D eigenvalue weighted by Gasteiger charge is 2.10. The van der Waals surface area contributed by atoms with Crippen LogP contribution in [0.2, 0.25) is 0 Å². The van der Waals surface area contributed by atoms with E-state index in [0.717, 1.165) is 22.0 Å². The Balaban J connectivity index is 1.59. The fourth-order valence-corrected chi connectivity index (χ4v) is 3.67. The number of hydrogen-bond acceptors (Lipinski definition) is 4. The second-order valence-electron chi connectivity index (χ2n) is 6.86. The average Bonchev–Trinajstić information content (AvgIpc) is 3.13. The number of hydrogen-bond donors (Lipinski definition) is 2. The van der Waals surface area contributed by atoms with Gasteiger partial charge >= 0.3 is 0 Å². The highest BCUT2D eigenvalue weighted by molar-refractivity contribution is 14.1. The molecule has 152 valence electrons. The molecule has 0 aliphatic heterocycles. The van der Waals surface area contributed by atoms with Crippen molar-refractivity contribution in [3.05, 3.63) is 98.8 Å². The van der Waals surface area contributed by atoms with Crippen LogP contribution >= 0.6 is 22.6 Å². The molecule has 1 heterocycles. The Morgan fingerprint density at radius 1 is 1.16 bits per heavy atom. The van der Waals surface area contributed by atoms with E-state index in [1.807, 2.05) is 71.3 Å². The highest BCUT2D eigenvalue weighted by atomic mass is 127. The van der Waals surface area contributed by atoms with Gasteiger partial charge in [-0.05, 0) is 58.5 Å². The van der Waals surface area contributed by atoms with Gasteiger partial charge in [0, 0.05) is 34.8 Å². The molecule has 1 amide bonds. The van der Waals surface area contributed by atoms with E-state index in [1.54, 1.807) is 24.4 Å². The molecule has 0 bridgehead atoms. The summed E-state index contributed by atoms with van der Waals surface area (Å²) < 4.78 is 2.73. The van der Waals surface area contributed by atoms with E-state index in [2.05, 4.69) is 21.2 Å². The Bertz CT molecular complexity index is 1350. The number of fused-ring (bicyclic) bond motifs is 1. The molecule has 0 aliphatic rings. The fraction of sp³-hybridized carbons (Fsp3) is 0.0417. The Labute approximate surface area is 192 Å². The second kappa shape index (κ2) is 9.02. The molecule has 0 aliphatic carbocycles. The van der Waals surface area contributed by atoms with Crippen LogP contribution in [0.25, 0.3) is 10.9 Å². The molecule has 0 fully saturated rings. The number of aromatic nitrogens is 1. The number of carbonyl (C=O) groups excluding carboxylic acids is 1. The molecule has 7 heteroatoms. The molecule has 3 aromatic carbocycles. The minimum atomic E-state index is -0.408. The average molecular weight is 520 g/mol. The van der Waals surface area contributed by atoms with Gasteiger partial charge in [-0.1, -0.05) is 36.4 Å². The van der Waals surface area contributed by atoms with E-state index < -0.39 is 5.91 Å². The number of benzene rings is 3. The maximum absolute atomic E-state index is 12.3. The second-order valence-corrected chi connectivity index (χ2v) is 8.03. The number of carbonyl (C=O) groups is 1. The first kappa shape index (κ1) is 20.6. The molecule has 4 aromatic rings. The van der Waals surface area contributed by atoms with E-state index in [9.17, 15) is 15.2 Å². The fourth-order valence-electron chi connectivity index (χ4n) is 3.34. The van der Waals surface area contributed by atoms with Crippen LogP contribution in [-0.2, 0) is 6.54 Å². The van der Waals surface area contributed by atoms with Crippen LogP contribution in [0, 0.1) is 14.9 Å². The van der Waals surface area contributed by atoms with Crippen LogP contribution in [0.15, 0.2) is 78.0 Å². The highest BCUT2D eigenvalue weighted by Crippen LogP contribution is 2.23. The van der Waals surface area contributed by atoms with Crippen LogP contribution in [0.4, 0.5) is 0 Å². The number of rotatable bonds is 5. The van der Waals surface area contributed by atoms with E-state index >= 15 is 0 Å². The third-order valence-electron chi connectivity index (χ3n) is 4.88. The molecule has 0 unspecified atom stereocenters. The zero-order chi connectivity index (χ0) is 21.8. The first-order valence-electron chi connectivity index (χ1n) is 9.44. The summed E-state index contributed by atoms with van der Waals surface area (Å²) in [7, 11) is 0. The monoisotopic (exact) mass is 520 g/mol. The van der Waals surface area contributed by atoms with Crippen LogP contribution < -0.4 is 5.43 Å². The van der Waals surface area contributed by atoms with Gasteiger partial charge in [-0.15, -0.1) is 0 Å². The van der Waals surface area contributed by atoms with Crippen LogP contribution in [0.1, 0.15) is 27.0 Å². The summed E-state index contributed by atoms with van der Waals surface area (Å²) in [5, 5.41) is 24.2. The predicted molar refractivity (Wildman–Crippen MR) is 128 cm³/mol. The van der Waals surface area contributed by atoms with Gasteiger partial charge < -0.3 is 9.67 Å². The van der Waals surface area contributed by atoms with Crippen molar-refractivity contribution >= 4 is 45.6 Å². The number of hydrazone groups is 1. The summed E-state index contributed by atoms with van der Waals surface area (Å²) >= 11 is 1.99. The molecule has 0 atom stereocenters. The van der Waals surface area contributed by atoms with Crippen molar-refractivity contribution in [2.75, 3.05) is 0 Å². The molecule has 2 N–H and O–H groups in total. The lowest BCUT2D eigenvalue weighted by molar-refractivity contribution is 0.0954. The van der Waals surface area contributed by atoms with Gasteiger partial charge in [0.1, 0.15) is 5.75 Å². The predicted octanol–water partition coefficient (Wildman–Crippen LogP) is 4.64. The number of nitrogens with zero attached hydrogens (tertiary/aromatic N) is 3. The number of phenolic OH excluding ortho intramolecular Hbond substituents is 1. The first-order valence-corrected chi connectivity index (χ1v) is 10.5. The molecule has 0 spiro atoms. The Morgan fingerprint density at radius 3 is 2.74 bits per heavy atom. The summed E-state index contributed by atoms with van der Waals surface area (Å²) in [6.07, 6.45) is 3.55. The van der Waals surface area contributed by atoms with Crippen molar-refractivity contribution < 1.29 is 9.90 Å². The first-order chi connectivity index (χ1) is 15.1. The molecule has 0 radical (unpaired) electrons. The van der Waals surface area contributed by atoms with E-state index in [4.69, 9.17) is 0 Å². The number of halogens is 1. The van der Waals surface area contributed by atoms with Crippen LogP contribution in [0.3, 0.4) is 0 Å². The molecule has 6 nitrogen and oxygen atoms in total. The topological polar surface area (TPSA) is 90.4 Å². The Hall–Kier alpha value is -3.64. The number of para-hydroxylation sites is 1.